The molecule has 0 amide bonds. The van der Waals surface area contributed by atoms with E-state index in [-0.39, 0.29) is 17.0 Å². The molecule has 0 radical (unpaired) electrons. The lowest BCUT2D eigenvalue weighted by Crippen LogP contribution is -2.09. The number of anilines is 1. The zero-order valence-corrected chi connectivity index (χ0v) is 11.7. The summed E-state index contributed by atoms with van der Waals surface area (Å²) in [4.78, 5) is 11.6. The number of rotatable bonds is 4. The number of aromatic nitrogens is 4. The number of halogens is 1. The Labute approximate surface area is 124 Å². The Morgan fingerprint density at radius 3 is 2.91 bits per heavy atom. The Morgan fingerprint density at radius 1 is 1.55 bits per heavy atom. The fraction of sp³-hybridized carbons (Fsp3) is 0.154. The highest BCUT2D eigenvalue weighted by Gasteiger charge is 2.17. The first-order valence-electron chi connectivity index (χ1n) is 6.06. The maximum absolute atomic E-state index is 13.7. The predicted molar refractivity (Wildman–Crippen MR) is 73.9 cm³/mol. The second-order valence-corrected chi connectivity index (χ2v) is 4.14. The Kier molecular flexibility index (Phi) is 4.43. The van der Waals surface area contributed by atoms with Gasteiger partial charge >= 0.3 is 5.97 Å². The van der Waals surface area contributed by atoms with Crippen molar-refractivity contribution in [1.29, 1.82) is 5.26 Å². The topological polar surface area (TPSA) is 117 Å². The van der Waals surface area contributed by atoms with E-state index in [1.165, 1.54) is 19.4 Å². The lowest BCUT2D eigenvalue weighted by atomic mass is 10.1. The van der Waals surface area contributed by atoms with Gasteiger partial charge in [0.15, 0.2) is 0 Å². The van der Waals surface area contributed by atoms with E-state index in [1.54, 1.807) is 6.92 Å². The number of H-pyrrole nitrogens is 1. The average molecular weight is 302 g/mol. The van der Waals surface area contributed by atoms with Gasteiger partial charge in [-0.3, -0.25) is 0 Å². The average Bonchev–Trinajstić information content (AvgIpc) is 3.04. The number of carbonyl (C=O) groups is 1. The van der Waals surface area contributed by atoms with Crippen LogP contribution in [0.15, 0.2) is 18.3 Å². The highest BCUT2D eigenvalue weighted by molar-refractivity contribution is 5.93. The Balaban J connectivity index is 2.35. The first kappa shape index (κ1) is 15.1. The van der Waals surface area contributed by atoms with Gasteiger partial charge in [0, 0.05) is 11.9 Å². The maximum Gasteiger partial charge on any atom is 0.341 e. The Morgan fingerprint density at radius 2 is 2.32 bits per heavy atom. The summed E-state index contributed by atoms with van der Waals surface area (Å²) in [5.74, 6) is -1.35. The summed E-state index contributed by atoms with van der Waals surface area (Å²) in [6.45, 7) is 1.56. The summed E-state index contributed by atoms with van der Waals surface area (Å²) in [5.41, 5.74) is 0.752. The van der Waals surface area contributed by atoms with Crippen LogP contribution in [0.1, 0.15) is 21.7 Å². The van der Waals surface area contributed by atoms with Gasteiger partial charge in [0.2, 0.25) is 5.82 Å². The highest BCUT2D eigenvalue weighted by Crippen LogP contribution is 2.23. The van der Waals surface area contributed by atoms with Gasteiger partial charge in [-0.05, 0) is 29.8 Å². The zero-order valence-electron chi connectivity index (χ0n) is 11.7. The highest BCUT2D eigenvalue weighted by atomic mass is 19.1. The number of aromatic amines is 1. The quantitative estimate of drug-likeness (QED) is 0.647. The molecule has 0 atom stereocenters. The van der Waals surface area contributed by atoms with Crippen molar-refractivity contribution in [3.63, 3.8) is 0 Å². The van der Waals surface area contributed by atoms with Gasteiger partial charge in [-0.25, -0.2) is 9.18 Å². The van der Waals surface area contributed by atoms with Crippen molar-refractivity contribution in [2.75, 3.05) is 12.4 Å². The van der Waals surface area contributed by atoms with Gasteiger partial charge in [0.1, 0.15) is 23.0 Å². The van der Waals surface area contributed by atoms with Crippen LogP contribution in [-0.2, 0) is 4.74 Å². The van der Waals surface area contributed by atoms with Crippen molar-refractivity contribution in [1.82, 2.24) is 20.6 Å². The summed E-state index contributed by atoms with van der Waals surface area (Å²) < 4.78 is 18.3. The molecule has 22 heavy (non-hydrogen) atoms. The number of nitriles is 1. The number of allylic oxidation sites excluding steroid dienone is 1. The van der Waals surface area contributed by atoms with Crippen LogP contribution in [0.25, 0.3) is 5.57 Å². The van der Waals surface area contributed by atoms with Gasteiger partial charge < -0.3 is 10.1 Å². The van der Waals surface area contributed by atoms with E-state index in [0.717, 1.165) is 6.07 Å². The first-order chi connectivity index (χ1) is 10.6. The predicted octanol–water partition coefficient (Wildman–Crippen LogP) is 1.41. The molecular formula is C13H11FN6O2. The molecule has 0 bridgehead atoms. The molecule has 0 unspecified atom stereocenters. The van der Waals surface area contributed by atoms with Gasteiger partial charge in [0.05, 0.1) is 7.11 Å². The lowest BCUT2D eigenvalue weighted by Gasteiger charge is -2.10. The van der Waals surface area contributed by atoms with Crippen LogP contribution in [0, 0.1) is 24.1 Å². The number of nitrogens with one attached hydrogen (secondary N) is 2. The molecule has 2 aromatic rings. The summed E-state index contributed by atoms with van der Waals surface area (Å²) in [7, 11) is 1.17. The monoisotopic (exact) mass is 302 g/mol. The Hall–Kier alpha value is -3.28. The van der Waals surface area contributed by atoms with Crippen molar-refractivity contribution in [2.45, 2.75) is 6.92 Å². The van der Waals surface area contributed by atoms with Crippen LogP contribution < -0.4 is 5.32 Å². The second kappa shape index (κ2) is 6.45. The lowest BCUT2D eigenvalue weighted by molar-refractivity contribution is 0.0594. The number of ether oxygens (including phenoxy) is 1. The van der Waals surface area contributed by atoms with Gasteiger partial charge in [-0.15, -0.1) is 10.2 Å². The third kappa shape index (κ3) is 2.90. The summed E-state index contributed by atoms with van der Waals surface area (Å²) in [6.07, 6.45) is 1.34. The largest absolute Gasteiger partial charge is 0.465 e. The number of tetrazole rings is 1. The smallest absolute Gasteiger partial charge is 0.341 e. The minimum absolute atomic E-state index is 0.114. The van der Waals surface area contributed by atoms with E-state index >= 15 is 0 Å². The van der Waals surface area contributed by atoms with Crippen LogP contribution in [0.3, 0.4) is 0 Å². The molecule has 0 fully saturated rings. The maximum atomic E-state index is 13.7. The molecule has 0 aliphatic rings. The van der Waals surface area contributed by atoms with Crippen molar-refractivity contribution >= 4 is 17.2 Å². The number of hydrogen-bond acceptors (Lipinski definition) is 7. The number of esters is 1. The standard InChI is InChI=1S/C13H11FN6O2/c1-7-10(4-3-9(14)11(7)13(21)22-2)16-6-8(5-15)12-17-19-20-18-12/h3-4,6,16H,1-2H3,(H,17,18,19,20). The van der Waals surface area contributed by atoms with Crippen molar-refractivity contribution in [2.24, 2.45) is 0 Å². The molecule has 1 aromatic carbocycles. The number of nitrogens with zero attached hydrogens (tertiary/aromatic N) is 4. The molecule has 1 aromatic heterocycles. The molecule has 8 nitrogen and oxygen atoms in total. The van der Waals surface area contributed by atoms with Crippen LogP contribution in [0.2, 0.25) is 0 Å². The molecular weight excluding hydrogens is 291 g/mol. The molecule has 0 aliphatic carbocycles. The van der Waals surface area contributed by atoms with E-state index in [9.17, 15) is 9.18 Å². The SMILES string of the molecule is COC(=O)c1c(F)ccc(NC=C(C#N)c2nn[nH]n2)c1C. The minimum atomic E-state index is -0.777. The summed E-state index contributed by atoms with van der Waals surface area (Å²) in [5, 5.41) is 24.8. The van der Waals surface area contributed by atoms with Gasteiger partial charge in [-0.2, -0.15) is 10.5 Å². The molecule has 0 spiro atoms. The number of hydrogen-bond donors (Lipinski definition) is 2. The third-order valence-electron chi connectivity index (χ3n) is 2.88. The van der Waals surface area contributed by atoms with Gasteiger partial charge in [-0.1, -0.05) is 0 Å². The summed E-state index contributed by atoms with van der Waals surface area (Å²) in [6, 6.07) is 4.48. The van der Waals surface area contributed by atoms with Crippen molar-refractivity contribution < 1.29 is 13.9 Å². The first-order valence-corrected chi connectivity index (χ1v) is 6.06. The molecule has 2 rings (SSSR count). The fourth-order valence-electron chi connectivity index (χ4n) is 1.76. The van der Waals surface area contributed by atoms with E-state index in [4.69, 9.17) is 5.26 Å². The van der Waals surface area contributed by atoms with E-state index in [1.807, 2.05) is 6.07 Å². The van der Waals surface area contributed by atoms with E-state index < -0.39 is 11.8 Å². The van der Waals surface area contributed by atoms with Crippen molar-refractivity contribution in [3.8, 4) is 6.07 Å². The molecule has 112 valence electrons. The van der Waals surface area contributed by atoms with Crippen LogP contribution >= 0.6 is 0 Å². The van der Waals surface area contributed by atoms with E-state index in [0.29, 0.717) is 11.3 Å². The normalized spacial score (nSPS) is 10.9. The van der Waals surface area contributed by atoms with Crippen molar-refractivity contribution in [3.05, 3.63) is 41.1 Å². The van der Waals surface area contributed by atoms with Gasteiger partial charge in [0.25, 0.3) is 0 Å². The summed E-state index contributed by atoms with van der Waals surface area (Å²) >= 11 is 0. The molecule has 0 aliphatic heterocycles. The molecule has 1 heterocycles. The zero-order chi connectivity index (χ0) is 16.1. The molecule has 9 heteroatoms. The number of methoxy groups -OCH3 is 1. The minimum Gasteiger partial charge on any atom is -0.465 e. The molecule has 0 saturated carbocycles. The Bertz CT molecular complexity index is 764. The second-order valence-electron chi connectivity index (χ2n) is 4.14. The number of benzene rings is 1. The number of carbonyl (C=O) groups excluding carboxylic acids is 1. The van der Waals surface area contributed by atoms with Crippen LogP contribution in [-0.4, -0.2) is 33.7 Å². The molecule has 2 N–H and O–H groups in total. The van der Waals surface area contributed by atoms with E-state index in [2.05, 4.69) is 30.7 Å². The molecule has 0 saturated heterocycles. The third-order valence-corrected chi connectivity index (χ3v) is 2.88. The fourth-order valence-corrected chi connectivity index (χ4v) is 1.76. The van der Waals surface area contributed by atoms with Crippen LogP contribution in [0.5, 0.6) is 0 Å². The van der Waals surface area contributed by atoms with Crippen LogP contribution in [0.4, 0.5) is 10.1 Å².